The number of allylic oxidation sites excluding steroid dienone is 1. The number of methoxy groups -OCH3 is 1. The van der Waals surface area contributed by atoms with Crippen molar-refractivity contribution >= 4 is 12.0 Å². The highest BCUT2D eigenvalue weighted by molar-refractivity contribution is 5.95. The van der Waals surface area contributed by atoms with Crippen molar-refractivity contribution in [1.82, 2.24) is 10.6 Å². The number of hydrogen-bond acceptors (Lipinski definition) is 4. The molecule has 1 aliphatic rings. The SMILES string of the molecule is CCCCCCOC(=O)C1=C(C)NC(=O)NC1c1ccc(OC)cc1. The molecule has 136 valence electrons. The third-order valence-electron chi connectivity index (χ3n) is 4.17. The summed E-state index contributed by atoms with van der Waals surface area (Å²) in [6.07, 6.45) is 4.15. The zero-order chi connectivity index (χ0) is 18.2. The van der Waals surface area contributed by atoms with Crippen molar-refractivity contribution < 1.29 is 19.1 Å². The minimum atomic E-state index is -0.539. The van der Waals surface area contributed by atoms with E-state index in [1.54, 1.807) is 26.2 Å². The molecule has 1 heterocycles. The summed E-state index contributed by atoms with van der Waals surface area (Å²) in [5.74, 6) is 0.312. The van der Waals surface area contributed by atoms with Crippen molar-refractivity contribution in [3.05, 3.63) is 41.1 Å². The summed E-state index contributed by atoms with van der Waals surface area (Å²) in [4.78, 5) is 24.4. The highest BCUT2D eigenvalue weighted by Crippen LogP contribution is 2.28. The molecule has 0 radical (unpaired) electrons. The number of ether oxygens (including phenoxy) is 2. The summed E-state index contributed by atoms with van der Waals surface area (Å²) in [7, 11) is 1.59. The fourth-order valence-corrected chi connectivity index (χ4v) is 2.78. The Labute approximate surface area is 148 Å². The molecule has 6 heteroatoms. The van der Waals surface area contributed by atoms with E-state index in [1.165, 1.54) is 0 Å². The summed E-state index contributed by atoms with van der Waals surface area (Å²) in [6, 6.07) is 6.38. The van der Waals surface area contributed by atoms with Crippen molar-refractivity contribution in [1.29, 1.82) is 0 Å². The lowest BCUT2D eigenvalue weighted by atomic mass is 9.95. The number of urea groups is 1. The maximum Gasteiger partial charge on any atom is 0.338 e. The van der Waals surface area contributed by atoms with Gasteiger partial charge in [-0.1, -0.05) is 38.3 Å². The molecular weight excluding hydrogens is 320 g/mol. The Bertz CT molecular complexity index is 637. The smallest absolute Gasteiger partial charge is 0.338 e. The van der Waals surface area contributed by atoms with Crippen molar-refractivity contribution in [2.24, 2.45) is 0 Å². The maximum atomic E-state index is 12.6. The Morgan fingerprint density at radius 3 is 2.52 bits per heavy atom. The van der Waals surface area contributed by atoms with Gasteiger partial charge in [-0.15, -0.1) is 0 Å². The Hall–Kier alpha value is -2.50. The third-order valence-corrected chi connectivity index (χ3v) is 4.17. The molecule has 2 N–H and O–H groups in total. The van der Waals surface area contributed by atoms with Crippen LogP contribution in [0.2, 0.25) is 0 Å². The molecule has 1 aromatic carbocycles. The van der Waals surface area contributed by atoms with Gasteiger partial charge in [-0.25, -0.2) is 9.59 Å². The lowest BCUT2D eigenvalue weighted by molar-refractivity contribution is -0.139. The van der Waals surface area contributed by atoms with E-state index in [0.29, 0.717) is 23.6 Å². The van der Waals surface area contributed by atoms with E-state index in [9.17, 15) is 9.59 Å². The number of rotatable bonds is 8. The topological polar surface area (TPSA) is 76.7 Å². The highest BCUT2D eigenvalue weighted by Gasteiger charge is 2.32. The minimum Gasteiger partial charge on any atom is -0.497 e. The lowest BCUT2D eigenvalue weighted by Crippen LogP contribution is -2.45. The molecule has 1 aliphatic heterocycles. The summed E-state index contributed by atoms with van der Waals surface area (Å²) in [6.45, 7) is 4.23. The zero-order valence-electron chi connectivity index (χ0n) is 15.1. The van der Waals surface area contributed by atoms with Crippen LogP contribution in [-0.4, -0.2) is 25.7 Å². The van der Waals surface area contributed by atoms with Crippen molar-refractivity contribution in [2.45, 2.75) is 45.6 Å². The third kappa shape index (κ3) is 4.98. The number of hydrogen-bond donors (Lipinski definition) is 2. The van der Waals surface area contributed by atoms with Gasteiger partial charge in [-0.3, -0.25) is 0 Å². The van der Waals surface area contributed by atoms with Crippen molar-refractivity contribution in [3.8, 4) is 5.75 Å². The van der Waals surface area contributed by atoms with Crippen LogP contribution in [0, 0.1) is 0 Å². The fraction of sp³-hybridized carbons (Fsp3) is 0.474. The van der Waals surface area contributed by atoms with Crippen LogP contribution in [0.4, 0.5) is 4.79 Å². The summed E-state index contributed by atoms with van der Waals surface area (Å²) in [5.41, 5.74) is 1.75. The van der Waals surface area contributed by atoms with Crippen LogP contribution in [0.25, 0.3) is 0 Å². The first kappa shape index (κ1) is 18.8. The summed E-state index contributed by atoms with van der Waals surface area (Å²) >= 11 is 0. The monoisotopic (exact) mass is 346 g/mol. The average molecular weight is 346 g/mol. The molecule has 1 unspecified atom stereocenters. The second-order valence-electron chi connectivity index (χ2n) is 6.04. The van der Waals surface area contributed by atoms with E-state index in [0.717, 1.165) is 31.2 Å². The van der Waals surface area contributed by atoms with Crippen molar-refractivity contribution in [3.63, 3.8) is 0 Å². The van der Waals surface area contributed by atoms with E-state index in [2.05, 4.69) is 17.6 Å². The number of nitrogens with one attached hydrogen (secondary N) is 2. The summed E-state index contributed by atoms with van der Waals surface area (Å²) in [5, 5.41) is 5.44. The predicted octanol–water partition coefficient (Wildman–Crippen LogP) is 3.45. The first-order valence-electron chi connectivity index (χ1n) is 8.66. The van der Waals surface area contributed by atoms with Gasteiger partial charge in [0.25, 0.3) is 0 Å². The zero-order valence-corrected chi connectivity index (χ0v) is 15.1. The van der Waals surface area contributed by atoms with Crippen LogP contribution in [0.1, 0.15) is 51.1 Å². The fourth-order valence-electron chi connectivity index (χ4n) is 2.78. The molecule has 0 spiro atoms. The first-order chi connectivity index (χ1) is 12.1. The number of carbonyl (C=O) groups excluding carboxylic acids is 2. The standard InChI is InChI=1S/C19H26N2O4/c1-4-5-6-7-12-25-18(22)16-13(2)20-19(23)21-17(16)14-8-10-15(24-3)11-9-14/h8-11,17H,4-7,12H2,1-3H3,(H2,20,21,23). The van der Waals surface area contributed by atoms with E-state index in [1.807, 2.05) is 12.1 Å². The van der Waals surface area contributed by atoms with E-state index in [4.69, 9.17) is 9.47 Å². The molecule has 1 aromatic rings. The highest BCUT2D eigenvalue weighted by atomic mass is 16.5. The average Bonchev–Trinajstić information content (AvgIpc) is 2.60. The molecule has 25 heavy (non-hydrogen) atoms. The van der Waals surface area contributed by atoms with Crippen molar-refractivity contribution in [2.75, 3.05) is 13.7 Å². The van der Waals surface area contributed by atoms with Crippen LogP contribution in [-0.2, 0) is 9.53 Å². The normalized spacial score (nSPS) is 16.9. The van der Waals surface area contributed by atoms with Crippen LogP contribution in [0.15, 0.2) is 35.5 Å². The van der Waals surface area contributed by atoms with Gasteiger partial charge in [0.05, 0.1) is 25.3 Å². The van der Waals surface area contributed by atoms with Gasteiger partial charge in [0.2, 0.25) is 0 Å². The molecular formula is C19H26N2O4. The van der Waals surface area contributed by atoms with Crippen LogP contribution < -0.4 is 15.4 Å². The molecule has 2 rings (SSSR count). The van der Waals surface area contributed by atoms with Crippen LogP contribution in [0.3, 0.4) is 0 Å². The van der Waals surface area contributed by atoms with Crippen LogP contribution in [0.5, 0.6) is 5.75 Å². The Kier molecular flexibility index (Phi) is 6.86. The molecule has 1 atom stereocenters. The molecule has 2 amide bonds. The second kappa shape index (κ2) is 9.11. The van der Waals surface area contributed by atoms with Gasteiger partial charge in [0, 0.05) is 5.70 Å². The number of unbranched alkanes of at least 4 members (excludes halogenated alkanes) is 3. The van der Waals surface area contributed by atoms with E-state index in [-0.39, 0.29) is 6.03 Å². The van der Waals surface area contributed by atoms with Gasteiger partial charge in [0.15, 0.2) is 0 Å². The molecule has 0 fully saturated rings. The van der Waals surface area contributed by atoms with Gasteiger partial charge in [0.1, 0.15) is 5.75 Å². The predicted molar refractivity (Wildman–Crippen MR) is 95.2 cm³/mol. The first-order valence-corrected chi connectivity index (χ1v) is 8.66. The minimum absolute atomic E-state index is 0.335. The lowest BCUT2D eigenvalue weighted by Gasteiger charge is -2.28. The summed E-state index contributed by atoms with van der Waals surface area (Å²) < 4.78 is 10.6. The molecule has 0 aliphatic carbocycles. The number of benzene rings is 1. The number of carbonyl (C=O) groups is 2. The molecule has 0 saturated heterocycles. The van der Waals surface area contributed by atoms with E-state index >= 15 is 0 Å². The molecule has 0 bridgehead atoms. The quantitative estimate of drug-likeness (QED) is 0.558. The Morgan fingerprint density at radius 2 is 1.88 bits per heavy atom. The van der Waals surface area contributed by atoms with Gasteiger partial charge >= 0.3 is 12.0 Å². The Balaban J connectivity index is 2.14. The largest absolute Gasteiger partial charge is 0.497 e. The van der Waals surface area contributed by atoms with E-state index < -0.39 is 12.0 Å². The molecule has 6 nitrogen and oxygen atoms in total. The number of esters is 1. The van der Waals surface area contributed by atoms with Crippen LogP contribution >= 0.6 is 0 Å². The Morgan fingerprint density at radius 1 is 1.16 bits per heavy atom. The molecule has 0 saturated carbocycles. The second-order valence-corrected chi connectivity index (χ2v) is 6.04. The maximum absolute atomic E-state index is 12.6. The van der Waals surface area contributed by atoms with Gasteiger partial charge in [-0.05, 0) is 31.0 Å². The van der Waals surface area contributed by atoms with Gasteiger partial charge < -0.3 is 20.1 Å². The number of amides is 2. The molecule has 0 aromatic heterocycles. The van der Waals surface area contributed by atoms with Gasteiger partial charge in [-0.2, -0.15) is 0 Å².